The van der Waals surface area contributed by atoms with Crippen LogP contribution < -0.4 is 5.32 Å². The van der Waals surface area contributed by atoms with Crippen LogP contribution in [0.4, 0.5) is 0 Å². The third kappa shape index (κ3) is 11.4. The van der Waals surface area contributed by atoms with E-state index in [0.717, 1.165) is 13.0 Å². The van der Waals surface area contributed by atoms with Crippen LogP contribution in [-0.4, -0.2) is 25.7 Å². The van der Waals surface area contributed by atoms with Crippen LogP contribution in [0.2, 0.25) is 0 Å². The molecule has 0 rings (SSSR count). The van der Waals surface area contributed by atoms with E-state index in [-0.39, 0.29) is 12.5 Å². The zero-order valence-corrected chi connectivity index (χ0v) is 10.6. The normalized spacial score (nSPS) is 11.5. The summed E-state index contributed by atoms with van der Waals surface area (Å²) in [6.45, 7) is 10.1. The molecule has 3 heteroatoms. The molecule has 0 fully saturated rings. The van der Waals surface area contributed by atoms with Gasteiger partial charge in [-0.3, -0.25) is 4.79 Å². The van der Waals surface area contributed by atoms with Crippen molar-refractivity contribution in [1.82, 2.24) is 5.32 Å². The fourth-order valence-corrected chi connectivity index (χ4v) is 1.25. The number of amides is 1. The summed E-state index contributed by atoms with van der Waals surface area (Å²) in [4.78, 5) is 11.1. The van der Waals surface area contributed by atoms with E-state index in [1.807, 2.05) is 6.92 Å². The highest BCUT2D eigenvalue weighted by atomic mass is 16.5. The fraction of sp³-hybridized carbons (Fsp3) is 0.917. The Morgan fingerprint density at radius 2 is 1.93 bits per heavy atom. The van der Waals surface area contributed by atoms with Crippen LogP contribution in [0.15, 0.2) is 0 Å². The predicted molar refractivity (Wildman–Crippen MR) is 62.8 cm³/mol. The van der Waals surface area contributed by atoms with E-state index in [2.05, 4.69) is 26.1 Å². The summed E-state index contributed by atoms with van der Waals surface area (Å²) in [6.07, 6.45) is 3.42. The number of rotatable bonds is 7. The van der Waals surface area contributed by atoms with E-state index in [0.29, 0.717) is 12.0 Å². The molecule has 90 valence electrons. The van der Waals surface area contributed by atoms with Gasteiger partial charge in [0.25, 0.3) is 0 Å². The van der Waals surface area contributed by atoms with Gasteiger partial charge < -0.3 is 10.1 Å². The second kappa shape index (κ2) is 7.69. The Morgan fingerprint density at radius 1 is 1.27 bits per heavy atom. The summed E-state index contributed by atoms with van der Waals surface area (Å²) < 4.78 is 4.99. The van der Waals surface area contributed by atoms with E-state index in [1.54, 1.807) is 0 Å². The Balaban J connectivity index is 3.27. The van der Waals surface area contributed by atoms with E-state index in [4.69, 9.17) is 4.74 Å². The monoisotopic (exact) mass is 215 g/mol. The molecular weight excluding hydrogens is 190 g/mol. The van der Waals surface area contributed by atoms with Gasteiger partial charge in [0.15, 0.2) is 0 Å². The summed E-state index contributed by atoms with van der Waals surface area (Å²) in [5, 5.41) is 2.84. The molecular formula is C12H25NO2. The third-order valence-electron chi connectivity index (χ3n) is 2.11. The van der Waals surface area contributed by atoms with Gasteiger partial charge in [0.1, 0.15) is 6.61 Å². The number of nitrogens with one attached hydrogen (secondary N) is 1. The number of carbonyl (C=O) groups excluding carboxylic acids is 1. The van der Waals surface area contributed by atoms with Gasteiger partial charge in [-0.15, -0.1) is 0 Å². The maximum absolute atomic E-state index is 11.1. The first-order valence-electron chi connectivity index (χ1n) is 5.80. The molecule has 0 aromatic heterocycles. The Kier molecular flexibility index (Phi) is 7.39. The minimum Gasteiger partial charge on any atom is -0.372 e. The highest BCUT2D eigenvalue weighted by Crippen LogP contribution is 2.20. The van der Waals surface area contributed by atoms with Crippen molar-refractivity contribution in [2.75, 3.05) is 19.8 Å². The molecule has 0 aromatic carbocycles. The van der Waals surface area contributed by atoms with Crippen molar-refractivity contribution >= 4 is 5.91 Å². The smallest absolute Gasteiger partial charge is 0.245 e. The van der Waals surface area contributed by atoms with E-state index in [1.165, 1.54) is 12.8 Å². The summed E-state index contributed by atoms with van der Waals surface area (Å²) in [5.74, 6) is -0.00684. The van der Waals surface area contributed by atoms with E-state index in [9.17, 15) is 4.79 Å². The van der Waals surface area contributed by atoms with Crippen LogP contribution >= 0.6 is 0 Å². The van der Waals surface area contributed by atoms with Gasteiger partial charge in [-0.1, -0.05) is 27.2 Å². The molecule has 0 unspecified atom stereocenters. The van der Waals surface area contributed by atoms with Crippen LogP contribution in [0.25, 0.3) is 0 Å². The van der Waals surface area contributed by atoms with Crippen molar-refractivity contribution in [3.63, 3.8) is 0 Å². The van der Waals surface area contributed by atoms with E-state index < -0.39 is 0 Å². The second-order valence-corrected chi connectivity index (χ2v) is 5.00. The first-order chi connectivity index (χ1) is 6.95. The maximum Gasteiger partial charge on any atom is 0.245 e. The summed E-state index contributed by atoms with van der Waals surface area (Å²) in [6, 6.07) is 0. The lowest BCUT2D eigenvalue weighted by atomic mass is 9.90. The number of hydrogen-bond donors (Lipinski definition) is 1. The Hall–Kier alpha value is -0.570. The molecule has 0 aliphatic rings. The molecule has 1 amide bonds. The highest BCUT2D eigenvalue weighted by Gasteiger charge is 2.08. The summed E-state index contributed by atoms with van der Waals surface area (Å²) in [5.41, 5.74) is 0.398. The molecule has 15 heavy (non-hydrogen) atoms. The number of carbonyl (C=O) groups is 1. The van der Waals surface area contributed by atoms with Crippen molar-refractivity contribution in [3.8, 4) is 0 Å². The zero-order chi connectivity index (χ0) is 11.7. The lowest BCUT2D eigenvalue weighted by Gasteiger charge is -2.17. The van der Waals surface area contributed by atoms with E-state index >= 15 is 0 Å². The zero-order valence-electron chi connectivity index (χ0n) is 10.6. The van der Waals surface area contributed by atoms with Crippen molar-refractivity contribution in [2.24, 2.45) is 5.41 Å². The fourth-order valence-electron chi connectivity index (χ4n) is 1.25. The lowest BCUT2D eigenvalue weighted by molar-refractivity contribution is -0.125. The molecule has 0 spiro atoms. The second-order valence-electron chi connectivity index (χ2n) is 5.00. The average molecular weight is 215 g/mol. The summed E-state index contributed by atoms with van der Waals surface area (Å²) in [7, 11) is 0. The Labute approximate surface area is 93.6 Å². The number of ether oxygens (including phenoxy) is 1. The van der Waals surface area contributed by atoms with Crippen LogP contribution in [0.5, 0.6) is 0 Å². The van der Waals surface area contributed by atoms with Crippen LogP contribution in [0, 0.1) is 5.41 Å². The molecule has 0 aromatic rings. The Bertz CT molecular complexity index is 173. The minimum absolute atomic E-state index is 0.00684. The standard InChI is InChI=1S/C12H25NO2/c1-5-15-10-11(14)13-9-7-6-8-12(2,3)4/h5-10H2,1-4H3,(H,13,14). The molecule has 0 atom stereocenters. The van der Waals surface area contributed by atoms with Crippen molar-refractivity contribution in [3.05, 3.63) is 0 Å². The highest BCUT2D eigenvalue weighted by molar-refractivity contribution is 5.77. The maximum atomic E-state index is 11.1. The predicted octanol–water partition coefficient (Wildman–Crippen LogP) is 2.36. The topological polar surface area (TPSA) is 38.3 Å². The van der Waals surface area contributed by atoms with Gasteiger partial charge in [0.05, 0.1) is 0 Å². The largest absolute Gasteiger partial charge is 0.372 e. The molecule has 0 aliphatic carbocycles. The first-order valence-corrected chi connectivity index (χ1v) is 5.80. The minimum atomic E-state index is -0.00684. The lowest BCUT2D eigenvalue weighted by Crippen LogP contribution is -2.28. The van der Waals surface area contributed by atoms with Gasteiger partial charge in [-0.05, 0) is 25.2 Å². The quantitative estimate of drug-likeness (QED) is 0.662. The molecule has 0 aliphatic heterocycles. The SMILES string of the molecule is CCOCC(=O)NCCCCC(C)(C)C. The van der Waals surface area contributed by atoms with Crippen molar-refractivity contribution in [1.29, 1.82) is 0 Å². The molecule has 0 heterocycles. The molecule has 3 nitrogen and oxygen atoms in total. The van der Waals surface area contributed by atoms with Crippen molar-refractivity contribution in [2.45, 2.75) is 47.0 Å². The van der Waals surface area contributed by atoms with Crippen LogP contribution in [0.1, 0.15) is 47.0 Å². The van der Waals surface area contributed by atoms with Gasteiger partial charge in [-0.25, -0.2) is 0 Å². The first kappa shape index (κ1) is 14.4. The van der Waals surface area contributed by atoms with Crippen LogP contribution in [0.3, 0.4) is 0 Å². The molecule has 0 bridgehead atoms. The average Bonchev–Trinajstić information content (AvgIpc) is 2.12. The molecule has 0 radical (unpaired) electrons. The van der Waals surface area contributed by atoms with Gasteiger partial charge in [0.2, 0.25) is 5.91 Å². The summed E-state index contributed by atoms with van der Waals surface area (Å²) >= 11 is 0. The van der Waals surface area contributed by atoms with Crippen molar-refractivity contribution < 1.29 is 9.53 Å². The third-order valence-corrected chi connectivity index (χ3v) is 2.11. The molecule has 0 saturated heterocycles. The van der Waals surface area contributed by atoms with Crippen LogP contribution in [-0.2, 0) is 9.53 Å². The van der Waals surface area contributed by atoms with Gasteiger partial charge in [-0.2, -0.15) is 0 Å². The molecule has 1 N–H and O–H groups in total. The number of unbranched alkanes of at least 4 members (excludes halogenated alkanes) is 1. The molecule has 0 saturated carbocycles. The Morgan fingerprint density at radius 3 is 2.47 bits per heavy atom. The number of hydrogen-bond acceptors (Lipinski definition) is 2. The van der Waals surface area contributed by atoms with Gasteiger partial charge in [0, 0.05) is 13.2 Å². The van der Waals surface area contributed by atoms with Gasteiger partial charge >= 0.3 is 0 Å².